The number of unbranched alkanes of at least 4 members (excludes halogenated alkanes) is 1. The molecule has 24 heavy (non-hydrogen) atoms. The molecule has 0 bridgehead atoms. The van der Waals surface area contributed by atoms with E-state index in [0.717, 1.165) is 18.6 Å². The van der Waals surface area contributed by atoms with Crippen molar-refractivity contribution in [2.75, 3.05) is 31.9 Å². The largest absolute Gasteiger partial charge is 0.339 e. The molecule has 0 aromatic heterocycles. The van der Waals surface area contributed by atoms with E-state index in [2.05, 4.69) is 6.92 Å². The van der Waals surface area contributed by atoms with Gasteiger partial charge < -0.3 is 4.90 Å². The maximum absolute atomic E-state index is 12.6. The van der Waals surface area contributed by atoms with Gasteiger partial charge >= 0.3 is 0 Å². The van der Waals surface area contributed by atoms with Crippen molar-refractivity contribution in [3.8, 4) is 0 Å². The van der Waals surface area contributed by atoms with E-state index in [1.807, 2.05) is 6.92 Å². The number of rotatable bonds is 7. The molecule has 1 aliphatic rings. The third-order valence-corrected chi connectivity index (χ3v) is 7.28. The molecule has 1 heterocycles. The van der Waals surface area contributed by atoms with E-state index in [1.165, 1.54) is 4.31 Å². The molecule has 5 nitrogen and oxygen atoms in total. The van der Waals surface area contributed by atoms with Gasteiger partial charge in [0.2, 0.25) is 15.9 Å². The van der Waals surface area contributed by atoms with E-state index >= 15 is 0 Å². The maximum atomic E-state index is 12.6. The van der Waals surface area contributed by atoms with Gasteiger partial charge in [-0.1, -0.05) is 31.5 Å². The number of benzene rings is 1. The molecule has 1 atom stereocenters. The Morgan fingerprint density at radius 2 is 1.79 bits per heavy atom. The van der Waals surface area contributed by atoms with Crippen LogP contribution in [0.4, 0.5) is 0 Å². The average Bonchev–Trinajstić information content (AvgIpc) is 2.62. The Bertz CT molecular complexity index is 626. The van der Waals surface area contributed by atoms with Gasteiger partial charge in [-0.05, 0) is 31.2 Å². The first-order valence-electron chi connectivity index (χ1n) is 8.42. The predicted octanol–water partition coefficient (Wildman–Crippen LogP) is 2.44. The first-order valence-corrected chi connectivity index (χ1v) is 10.9. The van der Waals surface area contributed by atoms with Crippen LogP contribution in [0.2, 0.25) is 0 Å². The molecule has 1 saturated heterocycles. The minimum atomic E-state index is -3.46. The molecule has 1 aliphatic heterocycles. The van der Waals surface area contributed by atoms with Crippen molar-refractivity contribution in [3.05, 3.63) is 30.3 Å². The fraction of sp³-hybridized carbons (Fsp3) is 0.588. The van der Waals surface area contributed by atoms with Gasteiger partial charge in [0.25, 0.3) is 0 Å². The lowest BCUT2D eigenvalue weighted by Crippen LogP contribution is -2.52. The van der Waals surface area contributed by atoms with E-state index in [-0.39, 0.29) is 11.2 Å². The zero-order valence-electron chi connectivity index (χ0n) is 14.3. The average molecular weight is 371 g/mol. The van der Waals surface area contributed by atoms with Crippen LogP contribution in [0, 0.1) is 0 Å². The van der Waals surface area contributed by atoms with Crippen LogP contribution in [0.3, 0.4) is 0 Å². The molecule has 0 spiro atoms. The van der Waals surface area contributed by atoms with Gasteiger partial charge in [0.15, 0.2) is 0 Å². The van der Waals surface area contributed by atoms with Gasteiger partial charge in [-0.3, -0.25) is 4.79 Å². The number of nitrogens with zero attached hydrogens (tertiary/aromatic N) is 2. The van der Waals surface area contributed by atoms with Gasteiger partial charge in [0.1, 0.15) is 0 Å². The highest BCUT2D eigenvalue weighted by Gasteiger charge is 2.31. The van der Waals surface area contributed by atoms with Crippen molar-refractivity contribution < 1.29 is 13.2 Å². The zero-order chi connectivity index (χ0) is 17.6. The van der Waals surface area contributed by atoms with Crippen molar-refractivity contribution >= 4 is 27.7 Å². The molecule has 0 N–H and O–H groups in total. The van der Waals surface area contributed by atoms with E-state index in [4.69, 9.17) is 0 Å². The zero-order valence-corrected chi connectivity index (χ0v) is 16.0. The molecule has 0 saturated carbocycles. The van der Waals surface area contributed by atoms with E-state index in [9.17, 15) is 13.2 Å². The van der Waals surface area contributed by atoms with Crippen LogP contribution in [0.5, 0.6) is 0 Å². The highest BCUT2D eigenvalue weighted by molar-refractivity contribution is 8.00. The van der Waals surface area contributed by atoms with Crippen LogP contribution in [-0.4, -0.2) is 60.7 Å². The van der Waals surface area contributed by atoms with E-state index in [1.54, 1.807) is 47.0 Å². The molecule has 0 aliphatic carbocycles. The number of thioether (sulfide) groups is 1. The Hall–Kier alpha value is -1.05. The summed E-state index contributed by atoms with van der Waals surface area (Å²) in [6.07, 6.45) is 2.25. The predicted molar refractivity (Wildman–Crippen MR) is 98.6 cm³/mol. The molecule has 1 unspecified atom stereocenters. The van der Waals surface area contributed by atoms with Crippen molar-refractivity contribution in [2.45, 2.75) is 36.8 Å². The molecular weight excluding hydrogens is 344 g/mol. The highest BCUT2D eigenvalue weighted by atomic mass is 32.2. The maximum Gasteiger partial charge on any atom is 0.243 e. The lowest BCUT2D eigenvalue weighted by Gasteiger charge is -2.35. The first-order chi connectivity index (χ1) is 11.5. The van der Waals surface area contributed by atoms with Gasteiger partial charge in [-0.25, -0.2) is 8.42 Å². The topological polar surface area (TPSA) is 57.7 Å². The molecule has 1 amide bonds. The summed E-state index contributed by atoms with van der Waals surface area (Å²) in [5.74, 6) is 1.11. The molecule has 2 rings (SSSR count). The molecule has 0 radical (unpaired) electrons. The third kappa shape index (κ3) is 4.74. The number of sulfonamides is 1. The summed E-state index contributed by atoms with van der Waals surface area (Å²) in [7, 11) is -3.46. The van der Waals surface area contributed by atoms with Crippen molar-refractivity contribution in [1.82, 2.24) is 9.21 Å². The summed E-state index contributed by atoms with van der Waals surface area (Å²) in [5, 5.41) is -0.0613. The first kappa shape index (κ1) is 19.3. The van der Waals surface area contributed by atoms with Crippen LogP contribution in [0.15, 0.2) is 35.2 Å². The lowest BCUT2D eigenvalue weighted by molar-refractivity contribution is -0.131. The number of hydrogen-bond acceptors (Lipinski definition) is 4. The fourth-order valence-corrected chi connectivity index (χ4v) is 5.17. The van der Waals surface area contributed by atoms with Crippen LogP contribution >= 0.6 is 11.8 Å². The normalized spacial score (nSPS) is 17.7. The smallest absolute Gasteiger partial charge is 0.243 e. The second-order valence-corrected chi connectivity index (χ2v) is 9.30. The quantitative estimate of drug-likeness (QED) is 0.692. The second-order valence-electron chi connectivity index (χ2n) is 5.91. The molecule has 1 aromatic rings. The minimum Gasteiger partial charge on any atom is -0.339 e. The summed E-state index contributed by atoms with van der Waals surface area (Å²) < 4.78 is 26.7. The monoisotopic (exact) mass is 370 g/mol. The van der Waals surface area contributed by atoms with Crippen molar-refractivity contribution in [1.29, 1.82) is 0 Å². The molecule has 1 aromatic carbocycles. The van der Waals surface area contributed by atoms with Gasteiger partial charge in [-0.15, -0.1) is 11.8 Å². The number of amides is 1. The molecular formula is C17H26N2O3S2. The highest BCUT2D eigenvalue weighted by Crippen LogP contribution is 2.20. The molecule has 134 valence electrons. The Labute approximate surface area is 149 Å². The van der Waals surface area contributed by atoms with Crippen LogP contribution < -0.4 is 0 Å². The standard InChI is InChI=1S/C17H26N2O3S2/c1-3-4-14-23-15(2)17(20)18-10-12-19(13-11-18)24(21,22)16-8-6-5-7-9-16/h5-9,15H,3-4,10-14H2,1-2H3. The van der Waals surface area contributed by atoms with Gasteiger partial charge in [0.05, 0.1) is 10.1 Å². The summed E-state index contributed by atoms with van der Waals surface area (Å²) in [6, 6.07) is 8.47. The Kier molecular flexibility index (Phi) is 7.13. The third-order valence-electron chi connectivity index (χ3n) is 4.14. The summed E-state index contributed by atoms with van der Waals surface area (Å²) >= 11 is 1.68. The molecule has 7 heteroatoms. The summed E-state index contributed by atoms with van der Waals surface area (Å²) in [5.41, 5.74) is 0. The van der Waals surface area contributed by atoms with Gasteiger partial charge in [0, 0.05) is 26.2 Å². The van der Waals surface area contributed by atoms with Crippen LogP contribution in [-0.2, 0) is 14.8 Å². The van der Waals surface area contributed by atoms with Crippen LogP contribution in [0.1, 0.15) is 26.7 Å². The Morgan fingerprint density at radius 3 is 2.38 bits per heavy atom. The summed E-state index contributed by atoms with van der Waals surface area (Å²) in [4.78, 5) is 14.6. The van der Waals surface area contributed by atoms with Crippen molar-refractivity contribution in [2.24, 2.45) is 0 Å². The Balaban J connectivity index is 1.90. The Morgan fingerprint density at radius 1 is 1.17 bits per heavy atom. The second kappa shape index (κ2) is 8.87. The van der Waals surface area contributed by atoms with Gasteiger partial charge in [-0.2, -0.15) is 4.31 Å². The number of piperazine rings is 1. The minimum absolute atomic E-state index is 0.0613. The van der Waals surface area contributed by atoms with Crippen molar-refractivity contribution in [3.63, 3.8) is 0 Å². The van der Waals surface area contributed by atoms with Crippen LogP contribution in [0.25, 0.3) is 0 Å². The fourth-order valence-electron chi connectivity index (χ4n) is 2.62. The SMILES string of the molecule is CCCCSC(C)C(=O)N1CCN(S(=O)(=O)c2ccccc2)CC1. The number of carbonyl (C=O) groups is 1. The summed E-state index contributed by atoms with van der Waals surface area (Å²) in [6.45, 7) is 5.72. The number of hydrogen-bond donors (Lipinski definition) is 0. The van der Waals surface area contributed by atoms with E-state index < -0.39 is 10.0 Å². The number of carbonyl (C=O) groups excluding carboxylic acids is 1. The molecule has 1 fully saturated rings. The lowest BCUT2D eigenvalue weighted by atomic mass is 10.3. The van der Waals surface area contributed by atoms with E-state index in [0.29, 0.717) is 31.1 Å².